The van der Waals surface area contributed by atoms with E-state index >= 15 is 0 Å². The van der Waals surface area contributed by atoms with Gasteiger partial charge in [-0.3, -0.25) is 4.79 Å². The standard InChI is InChI=1S/C19H18O5/c1-2-3-5-12-18(23)17-14(21)6-4-7-16(17)24-19(12)11-8-9-13(20)15(22)10-11/h4,6-10,20-22H,2-3,5H2,1H3. The minimum absolute atomic E-state index is 0.112. The van der Waals surface area contributed by atoms with Crippen molar-refractivity contribution in [1.82, 2.24) is 0 Å². The summed E-state index contributed by atoms with van der Waals surface area (Å²) in [7, 11) is 0. The molecule has 0 saturated heterocycles. The highest BCUT2D eigenvalue weighted by Crippen LogP contribution is 2.34. The van der Waals surface area contributed by atoms with Crippen molar-refractivity contribution in [1.29, 1.82) is 0 Å². The van der Waals surface area contributed by atoms with E-state index in [1.165, 1.54) is 18.2 Å². The predicted octanol–water partition coefficient (Wildman–Crippen LogP) is 3.92. The number of fused-ring (bicyclic) bond motifs is 1. The molecule has 1 heterocycles. The fourth-order valence-corrected chi connectivity index (χ4v) is 2.74. The Balaban J connectivity index is 2.32. The van der Waals surface area contributed by atoms with E-state index < -0.39 is 0 Å². The maximum Gasteiger partial charge on any atom is 0.200 e. The SMILES string of the molecule is CCCCc1c(-c2ccc(O)c(O)c2)oc2cccc(O)c2c1=O. The molecule has 5 heteroatoms. The third-order valence-electron chi connectivity index (χ3n) is 4.01. The maximum atomic E-state index is 12.9. The highest BCUT2D eigenvalue weighted by atomic mass is 16.3. The van der Waals surface area contributed by atoms with Crippen molar-refractivity contribution in [2.45, 2.75) is 26.2 Å². The van der Waals surface area contributed by atoms with Crippen LogP contribution < -0.4 is 5.43 Å². The molecule has 0 spiro atoms. The second-order valence-electron chi connectivity index (χ2n) is 5.70. The lowest BCUT2D eigenvalue weighted by atomic mass is 9.99. The van der Waals surface area contributed by atoms with Crippen molar-refractivity contribution >= 4 is 11.0 Å². The summed E-state index contributed by atoms with van der Waals surface area (Å²) in [5, 5.41) is 29.4. The van der Waals surface area contributed by atoms with Crippen LogP contribution in [0.1, 0.15) is 25.3 Å². The number of aromatic hydroxyl groups is 3. The molecule has 0 fully saturated rings. The summed E-state index contributed by atoms with van der Waals surface area (Å²) in [6.45, 7) is 2.02. The second-order valence-corrected chi connectivity index (χ2v) is 5.70. The van der Waals surface area contributed by atoms with Crippen molar-refractivity contribution in [2.24, 2.45) is 0 Å². The molecular weight excluding hydrogens is 308 g/mol. The van der Waals surface area contributed by atoms with Crippen molar-refractivity contribution in [2.75, 3.05) is 0 Å². The second kappa shape index (κ2) is 6.28. The van der Waals surface area contributed by atoms with Gasteiger partial charge in [0.15, 0.2) is 16.9 Å². The summed E-state index contributed by atoms with van der Waals surface area (Å²) in [5.74, 6) is -0.289. The molecule has 0 amide bonds. The zero-order valence-electron chi connectivity index (χ0n) is 13.2. The Kier molecular flexibility index (Phi) is 4.16. The lowest BCUT2D eigenvalue weighted by Gasteiger charge is -2.11. The molecule has 1 aromatic heterocycles. The third kappa shape index (κ3) is 2.69. The van der Waals surface area contributed by atoms with E-state index in [0.717, 1.165) is 12.8 Å². The lowest BCUT2D eigenvalue weighted by molar-refractivity contribution is 0.404. The molecule has 24 heavy (non-hydrogen) atoms. The van der Waals surface area contributed by atoms with Gasteiger partial charge in [0.2, 0.25) is 0 Å². The van der Waals surface area contributed by atoms with E-state index in [1.54, 1.807) is 18.2 Å². The Morgan fingerprint density at radius 2 is 1.79 bits per heavy atom. The fraction of sp³-hybridized carbons (Fsp3) is 0.211. The molecule has 2 aromatic carbocycles. The van der Waals surface area contributed by atoms with Crippen LogP contribution >= 0.6 is 0 Å². The zero-order valence-corrected chi connectivity index (χ0v) is 13.2. The fourth-order valence-electron chi connectivity index (χ4n) is 2.74. The summed E-state index contributed by atoms with van der Waals surface area (Å²) in [4.78, 5) is 12.9. The first-order valence-corrected chi connectivity index (χ1v) is 7.83. The van der Waals surface area contributed by atoms with Crippen LogP contribution in [0.3, 0.4) is 0 Å². The van der Waals surface area contributed by atoms with Gasteiger partial charge in [-0.15, -0.1) is 0 Å². The number of hydrogen-bond acceptors (Lipinski definition) is 5. The highest BCUT2D eigenvalue weighted by molar-refractivity contribution is 5.86. The Hall–Kier alpha value is -2.95. The average Bonchev–Trinajstić information content (AvgIpc) is 2.56. The van der Waals surface area contributed by atoms with Gasteiger partial charge in [-0.05, 0) is 43.2 Å². The first-order valence-electron chi connectivity index (χ1n) is 7.83. The third-order valence-corrected chi connectivity index (χ3v) is 4.01. The molecule has 0 unspecified atom stereocenters. The van der Waals surface area contributed by atoms with E-state index in [-0.39, 0.29) is 33.6 Å². The largest absolute Gasteiger partial charge is 0.507 e. The van der Waals surface area contributed by atoms with Gasteiger partial charge in [0.25, 0.3) is 0 Å². The van der Waals surface area contributed by atoms with Crippen LogP contribution in [0.25, 0.3) is 22.3 Å². The average molecular weight is 326 g/mol. The molecule has 3 rings (SSSR count). The number of hydrogen-bond donors (Lipinski definition) is 3. The normalized spacial score (nSPS) is 11.0. The molecule has 0 saturated carbocycles. The van der Waals surface area contributed by atoms with Crippen LogP contribution in [-0.2, 0) is 6.42 Å². The van der Waals surface area contributed by atoms with Crippen molar-refractivity contribution in [3.63, 3.8) is 0 Å². The van der Waals surface area contributed by atoms with Crippen LogP contribution in [0.5, 0.6) is 17.2 Å². The zero-order chi connectivity index (χ0) is 17.3. The molecule has 124 valence electrons. The van der Waals surface area contributed by atoms with E-state index in [4.69, 9.17) is 4.42 Å². The summed E-state index contributed by atoms with van der Waals surface area (Å²) in [5.41, 5.74) is 0.961. The summed E-state index contributed by atoms with van der Waals surface area (Å²) in [6.07, 6.45) is 2.19. The number of phenols is 3. The minimum atomic E-state index is -0.285. The van der Waals surface area contributed by atoms with Crippen LogP contribution in [0, 0.1) is 0 Å². The number of rotatable bonds is 4. The Labute approximate surface area is 138 Å². The Morgan fingerprint density at radius 3 is 2.50 bits per heavy atom. The molecule has 3 aromatic rings. The lowest BCUT2D eigenvalue weighted by Crippen LogP contribution is -2.11. The van der Waals surface area contributed by atoms with Gasteiger partial charge in [0, 0.05) is 11.1 Å². The number of phenolic OH excluding ortho intramolecular Hbond substituents is 3. The predicted molar refractivity (Wildman–Crippen MR) is 91.5 cm³/mol. The monoisotopic (exact) mass is 326 g/mol. The topological polar surface area (TPSA) is 90.9 Å². The summed E-state index contributed by atoms with van der Waals surface area (Å²) < 4.78 is 5.88. The molecule has 3 N–H and O–H groups in total. The summed E-state index contributed by atoms with van der Waals surface area (Å²) in [6, 6.07) is 8.96. The van der Waals surface area contributed by atoms with Gasteiger partial charge in [0.05, 0.1) is 0 Å². The smallest absolute Gasteiger partial charge is 0.200 e. The molecule has 0 aliphatic rings. The van der Waals surface area contributed by atoms with Crippen LogP contribution in [0.2, 0.25) is 0 Å². The van der Waals surface area contributed by atoms with Crippen LogP contribution in [-0.4, -0.2) is 15.3 Å². The molecule has 0 bridgehead atoms. The Bertz CT molecular complexity index is 956. The first kappa shape index (κ1) is 15.9. The van der Waals surface area contributed by atoms with Gasteiger partial charge in [0.1, 0.15) is 22.5 Å². The van der Waals surface area contributed by atoms with Gasteiger partial charge in [-0.2, -0.15) is 0 Å². The maximum absolute atomic E-state index is 12.9. The molecule has 0 aliphatic carbocycles. The quantitative estimate of drug-likeness (QED) is 0.632. The highest BCUT2D eigenvalue weighted by Gasteiger charge is 2.18. The van der Waals surface area contributed by atoms with Crippen molar-refractivity contribution < 1.29 is 19.7 Å². The molecular formula is C19H18O5. The van der Waals surface area contributed by atoms with Crippen molar-refractivity contribution in [3.05, 3.63) is 52.2 Å². The summed E-state index contributed by atoms with van der Waals surface area (Å²) >= 11 is 0. The molecule has 0 radical (unpaired) electrons. The van der Waals surface area contributed by atoms with Gasteiger partial charge in [-0.25, -0.2) is 0 Å². The molecule has 0 atom stereocenters. The van der Waals surface area contributed by atoms with Gasteiger partial charge < -0.3 is 19.7 Å². The first-order chi connectivity index (χ1) is 11.5. The van der Waals surface area contributed by atoms with Crippen LogP contribution in [0.15, 0.2) is 45.6 Å². The van der Waals surface area contributed by atoms with Crippen molar-refractivity contribution in [3.8, 4) is 28.6 Å². The van der Waals surface area contributed by atoms with Gasteiger partial charge in [-0.1, -0.05) is 19.4 Å². The van der Waals surface area contributed by atoms with E-state index in [0.29, 0.717) is 23.3 Å². The molecule has 5 nitrogen and oxygen atoms in total. The molecule has 0 aliphatic heterocycles. The van der Waals surface area contributed by atoms with E-state index in [1.807, 2.05) is 6.92 Å². The van der Waals surface area contributed by atoms with Gasteiger partial charge >= 0.3 is 0 Å². The van der Waals surface area contributed by atoms with Crippen LogP contribution in [0.4, 0.5) is 0 Å². The van der Waals surface area contributed by atoms with E-state index in [9.17, 15) is 20.1 Å². The number of unbranched alkanes of at least 4 members (excludes halogenated alkanes) is 1. The Morgan fingerprint density at radius 1 is 1.00 bits per heavy atom. The van der Waals surface area contributed by atoms with E-state index in [2.05, 4.69) is 0 Å². The number of benzene rings is 2. The minimum Gasteiger partial charge on any atom is -0.507 e.